The third-order valence-corrected chi connectivity index (χ3v) is 3.45. The van der Waals surface area contributed by atoms with E-state index in [-0.39, 0.29) is 5.56 Å². The van der Waals surface area contributed by atoms with Crippen molar-refractivity contribution in [3.8, 4) is 6.07 Å². The van der Waals surface area contributed by atoms with Crippen LogP contribution in [-0.2, 0) is 0 Å². The molecule has 2 nitrogen and oxygen atoms in total. The molecule has 2 rings (SSSR count). The van der Waals surface area contributed by atoms with Crippen LogP contribution in [-0.4, -0.2) is 5.78 Å². The van der Waals surface area contributed by atoms with E-state index in [0.717, 1.165) is 6.07 Å². The molecule has 0 spiro atoms. The summed E-state index contributed by atoms with van der Waals surface area (Å²) >= 11 is 8.90. The number of rotatable bonds is 3. The number of nitriles is 1. The predicted octanol–water partition coefficient (Wildman–Crippen LogP) is 4.73. The van der Waals surface area contributed by atoms with Crippen molar-refractivity contribution in [3.05, 3.63) is 68.9 Å². The minimum Gasteiger partial charge on any atom is -0.292 e. The van der Waals surface area contributed by atoms with Gasteiger partial charge in [0.1, 0.15) is 11.7 Å². The molecule has 0 aliphatic rings. The van der Waals surface area contributed by atoms with Gasteiger partial charge in [-0.05, 0) is 35.9 Å². The summed E-state index contributed by atoms with van der Waals surface area (Å²) in [6.45, 7) is 0. The molecule has 0 aliphatic carbocycles. The molecular formula is C15H8BrClFNO. The van der Waals surface area contributed by atoms with Crippen molar-refractivity contribution >= 4 is 33.3 Å². The number of benzene rings is 2. The lowest BCUT2D eigenvalue weighted by Crippen LogP contribution is -2.11. The molecule has 0 amide bonds. The lowest BCUT2D eigenvalue weighted by Gasteiger charge is -2.09. The maximum absolute atomic E-state index is 13.3. The summed E-state index contributed by atoms with van der Waals surface area (Å²) in [5.41, 5.74) is 0.681. The average Bonchev–Trinajstić information content (AvgIpc) is 2.40. The monoisotopic (exact) mass is 351 g/mol. The van der Waals surface area contributed by atoms with E-state index < -0.39 is 17.5 Å². The fraction of sp³-hybridized carbons (Fsp3) is 0.0667. The first kappa shape index (κ1) is 14.7. The summed E-state index contributed by atoms with van der Waals surface area (Å²) < 4.78 is 13.8. The molecule has 0 N–H and O–H groups in total. The number of carbonyl (C=O) groups excluding carboxylic acids is 1. The van der Waals surface area contributed by atoms with Crippen molar-refractivity contribution in [3.63, 3.8) is 0 Å². The fourth-order valence-corrected chi connectivity index (χ4v) is 2.39. The molecule has 0 heterocycles. The summed E-state index contributed by atoms with van der Waals surface area (Å²) in [6.07, 6.45) is 0. The van der Waals surface area contributed by atoms with Crippen molar-refractivity contribution in [1.82, 2.24) is 0 Å². The highest BCUT2D eigenvalue weighted by molar-refractivity contribution is 9.10. The van der Waals surface area contributed by atoms with Crippen LogP contribution >= 0.6 is 27.5 Å². The van der Waals surface area contributed by atoms with Gasteiger partial charge in [0.25, 0.3) is 0 Å². The third-order valence-electron chi connectivity index (χ3n) is 2.74. The second-order valence-electron chi connectivity index (χ2n) is 4.14. The Hall–Kier alpha value is -1.70. The van der Waals surface area contributed by atoms with Gasteiger partial charge in [-0.2, -0.15) is 5.26 Å². The van der Waals surface area contributed by atoms with Crippen molar-refractivity contribution in [2.45, 2.75) is 5.92 Å². The van der Waals surface area contributed by atoms with Crippen LogP contribution in [0.3, 0.4) is 0 Å². The first-order valence-electron chi connectivity index (χ1n) is 5.66. The Kier molecular flexibility index (Phi) is 4.53. The maximum Gasteiger partial charge on any atom is 0.184 e. The molecule has 100 valence electrons. The van der Waals surface area contributed by atoms with Crippen LogP contribution in [0.25, 0.3) is 0 Å². The van der Waals surface area contributed by atoms with Gasteiger partial charge < -0.3 is 0 Å². The largest absolute Gasteiger partial charge is 0.292 e. The summed E-state index contributed by atoms with van der Waals surface area (Å²) in [5.74, 6) is -1.97. The molecule has 1 unspecified atom stereocenters. The van der Waals surface area contributed by atoms with Gasteiger partial charge in [0.2, 0.25) is 0 Å². The smallest absolute Gasteiger partial charge is 0.184 e. The Bertz CT molecular complexity index is 674. The van der Waals surface area contributed by atoms with Gasteiger partial charge in [-0.3, -0.25) is 4.79 Å². The summed E-state index contributed by atoms with van der Waals surface area (Å²) in [4.78, 5) is 12.3. The van der Waals surface area contributed by atoms with Gasteiger partial charge in [0.15, 0.2) is 5.78 Å². The quantitative estimate of drug-likeness (QED) is 0.749. The summed E-state index contributed by atoms with van der Waals surface area (Å²) in [7, 11) is 0. The average molecular weight is 353 g/mol. The van der Waals surface area contributed by atoms with Gasteiger partial charge in [0, 0.05) is 15.1 Å². The number of Topliss-reactive ketones (excluding diaryl/α,β-unsaturated/α-hetero) is 1. The summed E-state index contributed by atoms with van der Waals surface area (Å²) in [5, 5.41) is 9.73. The van der Waals surface area contributed by atoms with E-state index in [9.17, 15) is 14.4 Å². The number of ketones is 1. The molecule has 0 radical (unpaired) electrons. The molecule has 0 saturated heterocycles. The number of nitrogens with zero attached hydrogens (tertiary/aromatic N) is 1. The topological polar surface area (TPSA) is 40.9 Å². The number of hydrogen-bond donors (Lipinski definition) is 0. The van der Waals surface area contributed by atoms with Gasteiger partial charge >= 0.3 is 0 Å². The van der Waals surface area contributed by atoms with Crippen LogP contribution in [0.1, 0.15) is 21.8 Å². The van der Waals surface area contributed by atoms with Gasteiger partial charge in [-0.25, -0.2) is 4.39 Å². The van der Waals surface area contributed by atoms with Crippen molar-refractivity contribution in [1.29, 1.82) is 5.26 Å². The first-order valence-corrected chi connectivity index (χ1v) is 6.84. The zero-order chi connectivity index (χ0) is 14.7. The van der Waals surface area contributed by atoms with E-state index in [2.05, 4.69) is 15.9 Å². The first-order chi connectivity index (χ1) is 9.51. The number of hydrogen-bond acceptors (Lipinski definition) is 2. The molecule has 2 aromatic carbocycles. The molecule has 5 heteroatoms. The predicted molar refractivity (Wildman–Crippen MR) is 78.2 cm³/mol. The van der Waals surface area contributed by atoms with Crippen molar-refractivity contribution in [2.75, 3.05) is 0 Å². The highest BCUT2D eigenvalue weighted by Gasteiger charge is 2.22. The molecule has 2 aromatic rings. The molecule has 20 heavy (non-hydrogen) atoms. The normalized spacial score (nSPS) is 11.7. The van der Waals surface area contributed by atoms with E-state index in [0.29, 0.717) is 15.1 Å². The van der Waals surface area contributed by atoms with E-state index in [1.165, 1.54) is 12.1 Å². The van der Waals surface area contributed by atoms with Gasteiger partial charge in [-0.15, -0.1) is 0 Å². The van der Waals surface area contributed by atoms with Crippen LogP contribution in [0.5, 0.6) is 0 Å². The Balaban J connectivity index is 2.39. The number of halogens is 3. The standard InChI is InChI=1S/C15H8BrClFNO/c16-11-5-10(6-13(18)7-11)15(20)14(8-19)9-1-3-12(17)4-2-9/h1-7,14H. The number of carbonyl (C=O) groups is 1. The second kappa shape index (κ2) is 6.17. The Morgan fingerprint density at radius 1 is 1.25 bits per heavy atom. The zero-order valence-corrected chi connectivity index (χ0v) is 12.5. The molecule has 0 fully saturated rings. The lowest BCUT2D eigenvalue weighted by atomic mass is 9.92. The molecule has 0 saturated carbocycles. The lowest BCUT2D eigenvalue weighted by molar-refractivity contribution is 0.0978. The van der Waals surface area contributed by atoms with E-state index >= 15 is 0 Å². The Labute approximate surface area is 128 Å². The van der Waals surface area contributed by atoms with Crippen LogP contribution in [0.2, 0.25) is 5.02 Å². The van der Waals surface area contributed by atoms with Crippen LogP contribution in [0.4, 0.5) is 4.39 Å². The zero-order valence-electron chi connectivity index (χ0n) is 10.1. The molecule has 0 bridgehead atoms. The van der Waals surface area contributed by atoms with Crippen molar-refractivity contribution in [2.24, 2.45) is 0 Å². The van der Waals surface area contributed by atoms with Crippen LogP contribution in [0.15, 0.2) is 46.9 Å². The molecule has 0 aliphatic heterocycles. The van der Waals surface area contributed by atoms with E-state index in [4.69, 9.17) is 11.6 Å². The highest BCUT2D eigenvalue weighted by Crippen LogP contribution is 2.24. The SMILES string of the molecule is N#CC(C(=O)c1cc(F)cc(Br)c1)c1ccc(Cl)cc1. The molecule has 0 aromatic heterocycles. The van der Waals surface area contributed by atoms with Crippen LogP contribution < -0.4 is 0 Å². The van der Waals surface area contributed by atoms with Crippen molar-refractivity contribution < 1.29 is 9.18 Å². The van der Waals surface area contributed by atoms with Gasteiger partial charge in [0.05, 0.1) is 6.07 Å². The molecular weight excluding hydrogens is 345 g/mol. The minimum atomic E-state index is -0.985. The van der Waals surface area contributed by atoms with Gasteiger partial charge in [-0.1, -0.05) is 39.7 Å². The Morgan fingerprint density at radius 2 is 1.90 bits per heavy atom. The second-order valence-corrected chi connectivity index (χ2v) is 5.49. The van der Waals surface area contributed by atoms with E-state index in [1.54, 1.807) is 24.3 Å². The van der Waals surface area contributed by atoms with E-state index in [1.807, 2.05) is 6.07 Å². The third kappa shape index (κ3) is 3.24. The minimum absolute atomic E-state index is 0.151. The summed E-state index contributed by atoms with van der Waals surface area (Å²) in [6, 6.07) is 12.2. The fourth-order valence-electron chi connectivity index (χ4n) is 1.80. The Morgan fingerprint density at radius 3 is 2.45 bits per heavy atom. The van der Waals surface area contributed by atoms with Crippen LogP contribution in [0, 0.1) is 17.1 Å². The highest BCUT2D eigenvalue weighted by atomic mass is 79.9. The molecule has 1 atom stereocenters. The maximum atomic E-state index is 13.3.